The second-order valence-electron chi connectivity index (χ2n) is 5.10. The molecule has 1 atom stereocenters. The van der Waals surface area contributed by atoms with E-state index in [0.29, 0.717) is 6.42 Å². The quantitative estimate of drug-likeness (QED) is 0.899. The number of nitrogens with zero attached hydrogens (tertiary/aromatic N) is 2. The van der Waals surface area contributed by atoms with Gasteiger partial charge in [-0.3, -0.25) is 0 Å². The number of aliphatic hydroxyl groups excluding tert-OH is 1. The minimum Gasteiger partial charge on any atom is -0.390 e. The molecular weight excluding hydrogens is 228 g/mol. The molecule has 0 amide bonds. The van der Waals surface area contributed by atoms with Crippen molar-refractivity contribution >= 4 is 11.0 Å². The van der Waals surface area contributed by atoms with E-state index in [9.17, 15) is 5.11 Å². The molecule has 0 aliphatic heterocycles. The van der Waals surface area contributed by atoms with Gasteiger partial charge in [0, 0.05) is 20.6 Å². The smallest absolute Gasteiger partial charge is 0.112 e. The molecule has 1 aromatic heterocycles. The molecule has 0 spiro atoms. The number of methoxy groups -OCH3 is 1. The van der Waals surface area contributed by atoms with Gasteiger partial charge in [-0.2, -0.15) is 0 Å². The number of fused-ring (bicyclic) bond motifs is 1. The molecule has 2 aromatic rings. The second-order valence-corrected chi connectivity index (χ2v) is 5.10. The first-order chi connectivity index (χ1) is 8.45. The topological polar surface area (TPSA) is 47.3 Å². The molecule has 0 bridgehead atoms. The lowest BCUT2D eigenvalue weighted by Crippen LogP contribution is -2.40. The zero-order valence-corrected chi connectivity index (χ0v) is 11.3. The molecule has 18 heavy (non-hydrogen) atoms. The Morgan fingerprint density at radius 1 is 1.39 bits per heavy atom. The maximum absolute atomic E-state index is 10.2. The number of aryl methyl sites for hydroxylation is 1. The predicted octanol–water partition coefficient (Wildman–Crippen LogP) is 1.90. The van der Waals surface area contributed by atoms with E-state index in [-0.39, 0.29) is 0 Å². The summed E-state index contributed by atoms with van der Waals surface area (Å²) < 4.78 is 7.32. The lowest BCUT2D eigenvalue weighted by atomic mass is 9.98. The summed E-state index contributed by atoms with van der Waals surface area (Å²) in [5, 5.41) is 10.2. The highest BCUT2D eigenvalue weighted by atomic mass is 16.5. The number of hydrogen-bond donors (Lipinski definition) is 1. The van der Waals surface area contributed by atoms with Crippen LogP contribution in [-0.2, 0) is 18.2 Å². The number of para-hydroxylation sites is 2. The van der Waals surface area contributed by atoms with Gasteiger partial charge in [0.05, 0.1) is 22.7 Å². The van der Waals surface area contributed by atoms with Gasteiger partial charge >= 0.3 is 0 Å². The molecule has 0 radical (unpaired) electrons. The molecule has 0 aliphatic carbocycles. The Morgan fingerprint density at radius 3 is 2.67 bits per heavy atom. The molecule has 1 unspecified atom stereocenters. The normalized spacial score (nSPS) is 14.1. The number of benzene rings is 1. The predicted molar refractivity (Wildman–Crippen MR) is 71.5 cm³/mol. The van der Waals surface area contributed by atoms with Crippen molar-refractivity contribution in [3.63, 3.8) is 0 Å². The molecule has 0 saturated heterocycles. The molecular formula is C14H20N2O2. The van der Waals surface area contributed by atoms with Gasteiger partial charge in [-0.1, -0.05) is 12.1 Å². The van der Waals surface area contributed by atoms with Crippen LogP contribution in [0, 0.1) is 0 Å². The number of ether oxygens (including phenoxy) is 1. The number of hydrogen-bond acceptors (Lipinski definition) is 3. The summed E-state index contributed by atoms with van der Waals surface area (Å²) in [6.07, 6.45) is -0.107. The summed E-state index contributed by atoms with van der Waals surface area (Å²) in [5.41, 5.74) is 1.46. The van der Waals surface area contributed by atoms with Gasteiger partial charge in [-0.05, 0) is 26.0 Å². The Hall–Kier alpha value is -1.39. The largest absolute Gasteiger partial charge is 0.390 e. The Kier molecular flexibility index (Phi) is 3.41. The third-order valence-electron chi connectivity index (χ3n) is 3.58. The van der Waals surface area contributed by atoms with Crippen LogP contribution in [0.5, 0.6) is 0 Å². The van der Waals surface area contributed by atoms with Gasteiger partial charge in [0.1, 0.15) is 5.82 Å². The maximum atomic E-state index is 10.2. The molecule has 1 N–H and O–H groups in total. The van der Waals surface area contributed by atoms with Crippen LogP contribution < -0.4 is 0 Å². The monoisotopic (exact) mass is 248 g/mol. The molecule has 1 aromatic carbocycles. The fourth-order valence-corrected chi connectivity index (χ4v) is 1.93. The van der Waals surface area contributed by atoms with Crippen LogP contribution in [0.25, 0.3) is 11.0 Å². The van der Waals surface area contributed by atoms with E-state index in [2.05, 4.69) is 4.98 Å². The minimum atomic E-state index is -0.585. The molecule has 0 fully saturated rings. The average molecular weight is 248 g/mol. The molecule has 4 nitrogen and oxygen atoms in total. The van der Waals surface area contributed by atoms with Gasteiger partial charge in [0.25, 0.3) is 0 Å². The first kappa shape index (κ1) is 13.1. The van der Waals surface area contributed by atoms with Gasteiger partial charge in [0.2, 0.25) is 0 Å². The average Bonchev–Trinajstić information content (AvgIpc) is 2.67. The van der Waals surface area contributed by atoms with Crippen molar-refractivity contribution in [3.05, 3.63) is 30.1 Å². The van der Waals surface area contributed by atoms with Gasteiger partial charge in [-0.25, -0.2) is 4.98 Å². The lowest BCUT2D eigenvalue weighted by Gasteiger charge is -2.28. The van der Waals surface area contributed by atoms with E-state index in [0.717, 1.165) is 16.9 Å². The Bertz CT molecular complexity index is 546. The summed E-state index contributed by atoms with van der Waals surface area (Å²) in [5.74, 6) is 0.869. The Labute approximate surface area is 107 Å². The van der Waals surface area contributed by atoms with Crippen LogP contribution in [0.15, 0.2) is 24.3 Å². The van der Waals surface area contributed by atoms with Crippen molar-refractivity contribution in [3.8, 4) is 0 Å². The van der Waals surface area contributed by atoms with E-state index >= 15 is 0 Å². The van der Waals surface area contributed by atoms with Crippen LogP contribution >= 0.6 is 0 Å². The SMILES string of the molecule is COC(C)(C)C(O)Cc1nc2ccccc2n1C. The van der Waals surface area contributed by atoms with E-state index in [1.807, 2.05) is 49.7 Å². The van der Waals surface area contributed by atoms with Crippen LogP contribution in [0.3, 0.4) is 0 Å². The van der Waals surface area contributed by atoms with Crippen LogP contribution in [0.4, 0.5) is 0 Å². The number of aromatic nitrogens is 2. The molecule has 4 heteroatoms. The summed E-state index contributed by atoms with van der Waals surface area (Å²) in [7, 11) is 3.58. The number of aliphatic hydroxyl groups is 1. The fraction of sp³-hybridized carbons (Fsp3) is 0.500. The first-order valence-corrected chi connectivity index (χ1v) is 6.09. The Balaban J connectivity index is 2.30. The third-order valence-corrected chi connectivity index (χ3v) is 3.58. The number of imidazole rings is 1. The van der Waals surface area contributed by atoms with Crippen LogP contribution in [-0.4, -0.2) is 33.5 Å². The van der Waals surface area contributed by atoms with E-state index < -0.39 is 11.7 Å². The van der Waals surface area contributed by atoms with E-state index in [4.69, 9.17) is 4.74 Å². The maximum Gasteiger partial charge on any atom is 0.112 e. The van der Waals surface area contributed by atoms with E-state index in [1.54, 1.807) is 7.11 Å². The van der Waals surface area contributed by atoms with Crippen molar-refractivity contribution < 1.29 is 9.84 Å². The molecule has 98 valence electrons. The van der Waals surface area contributed by atoms with Crippen LogP contribution in [0.2, 0.25) is 0 Å². The van der Waals surface area contributed by atoms with Crippen molar-refractivity contribution in [2.75, 3.05) is 7.11 Å². The van der Waals surface area contributed by atoms with Crippen molar-refractivity contribution in [2.45, 2.75) is 32.0 Å². The highest BCUT2D eigenvalue weighted by Crippen LogP contribution is 2.20. The summed E-state index contributed by atoms with van der Waals surface area (Å²) in [6.45, 7) is 3.75. The van der Waals surface area contributed by atoms with E-state index in [1.165, 1.54) is 0 Å². The minimum absolute atomic E-state index is 0.478. The summed E-state index contributed by atoms with van der Waals surface area (Å²) in [4.78, 5) is 4.55. The molecule has 1 heterocycles. The van der Waals surface area contributed by atoms with Gasteiger partial charge in [0.15, 0.2) is 0 Å². The molecule has 0 saturated carbocycles. The Morgan fingerprint density at radius 2 is 2.06 bits per heavy atom. The first-order valence-electron chi connectivity index (χ1n) is 6.09. The highest BCUT2D eigenvalue weighted by Gasteiger charge is 2.28. The van der Waals surface area contributed by atoms with Gasteiger partial charge in [-0.15, -0.1) is 0 Å². The standard InChI is InChI=1S/C14H20N2O2/c1-14(2,18-4)12(17)9-13-15-10-7-5-6-8-11(10)16(13)3/h5-8,12,17H,9H2,1-4H3. The highest BCUT2D eigenvalue weighted by molar-refractivity contribution is 5.75. The molecule has 0 aliphatic rings. The number of rotatable bonds is 4. The van der Waals surface area contributed by atoms with Crippen molar-refractivity contribution in [2.24, 2.45) is 7.05 Å². The van der Waals surface area contributed by atoms with Gasteiger partial charge < -0.3 is 14.4 Å². The van der Waals surface area contributed by atoms with Crippen LogP contribution in [0.1, 0.15) is 19.7 Å². The van der Waals surface area contributed by atoms with Crippen molar-refractivity contribution in [1.82, 2.24) is 9.55 Å². The zero-order valence-electron chi connectivity index (χ0n) is 11.3. The zero-order chi connectivity index (χ0) is 13.3. The third kappa shape index (κ3) is 2.26. The molecule has 2 rings (SSSR count). The summed E-state index contributed by atoms with van der Waals surface area (Å²) in [6, 6.07) is 7.96. The second kappa shape index (κ2) is 4.71. The van der Waals surface area contributed by atoms with Crippen molar-refractivity contribution in [1.29, 1.82) is 0 Å². The summed E-state index contributed by atoms with van der Waals surface area (Å²) >= 11 is 0. The fourth-order valence-electron chi connectivity index (χ4n) is 1.93. The lowest BCUT2D eigenvalue weighted by molar-refractivity contribution is -0.0773.